The fraction of sp³-hybridized carbons (Fsp3) is 0.600. The molecule has 0 aliphatic carbocycles. The van der Waals surface area contributed by atoms with E-state index in [0.29, 0.717) is 24.5 Å². The Morgan fingerprint density at radius 2 is 2.19 bits per heavy atom. The number of para-hydroxylation sites is 1. The summed E-state index contributed by atoms with van der Waals surface area (Å²) in [6, 6.07) is 5.33. The van der Waals surface area contributed by atoms with Crippen LogP contribution in [-0.4, -0.2) is 29.7 Å². The van der Waals surface area contributed by atoms with Crippen LogP contribution in [0.2, 0.25) is 0 Å². The molecule has 1 fully saturated rings. The third-order valence-corrected chi connectivity index (χ3v) is 4.09. The van der Waals surface area contributed by atoms with Crippen LogP contribution in [0.1, 0.15) is 33.6 Å². The Kier molecular flexibility index (Phi) is 4.67. The van der Waals surface area contributed by atoms with Gasteiger partial charge >= 0.3 is 5.69 Å². The highest BCUT2D eigenvalue weighted by atomic mass is 16.6. The maximum absolute atomic E-state index is 11.5. The predicted molar refractivity (Wildman–Crippen MR) is 83.9 cm³/mol. The van der Waals surface area contributed by atoms with Crippen LogP contribution in [-0.2, 0) is 4.74 Å². The summed E-state index contributed by atoms with van der Waals surface area (Å²) in [6.07, 6.45) is 1.76. The van der Waals surface area contributed by atoms with Crippen LogP contribution in [0.15, 0.2) is 18.2 Å². The van der Waals surface area contributed by atoms with E-state index in [4.69, 9.17) is 4.74 Å². The average molecular weight is 293 g/mol. The van der Waals surface area contributed by atoms with Gasteiger partial charge in [0.1, 0.15) is 11.4 Å². The van der Waals surface area contributed by atoms with Gasteiger partial charge in [0.2, 0.25) is 0 Å². The van der Waals surface area contributed by atoms with Gasteiger partial charge in [-0.05, 0) is 38.8 Å². The molecule has 1 aliphatic heterocycles. The number of hydrogen-bond acceptors (Lipinski definition) is 5. The van der Waals surface area contributed by atoms with Crippen LogP contribution < -0.4 is 10.6 Å². The third kappa shape index (κ3) is 3.26. The van der Waals surface area contributed by atoms with E-state index in [1.54, 1.807) is 12.1 Å². The number of anilines is 2. The smallest absolute Gasteiger partial charge is 0.315 e. The molecule has 1 aromatic carbocycles. The SMILES string of the molecule is CCCNc1cccc(NC2(C)CCOC2C)c1[N+](=O)[O-]. The minimum Gasteiger partial charge on any atom is -0.379 e. The molecule has 0 amide bonds. The molecule has 2 N–H and O–H groups in total. The lowest BCUT2D eigenvalue weighted by atomic mass is 9.94. The van der Waals surface area contributed by atoms with Gasteiger partial charge in [0, 0.05) is 13.2 Å². The molecule has 1 heterocycles. The van der Waals surface area contributed by atoms with Crippen molar-refractivity contribution in [2.45, 2.75) is 45.3 Å². The first-order valence-electron chi connectivity index (χ1n) is 7.39. The summed E-state index contributed by atoms with van der Waals surface area (Å²) in [5.41, 5.74) is 0.919. The van der Waals surface area contributed by atoms with Gasteiger partial charge in [0.15, 0.2) is 0 Å². The van der Waals surface area contributed by atoms with E-state index < -0.39 is 0 Å². The van der Waals surface area contributed by atoms with Crippen molar-refractivity contribution in [3.63, 3.8) is 0 Å². The van der Waals surface area contributed by atoms with Crippen molar-refractivity contribution in [3.8, 4) is 0 Å². The molecule has 116 valence electrons. The first-order chi connectivity index (χ1) is 9.98. The highest BCUT2D eigenvalue weighted by Gasteiger charge is 2.38. The van der Waals surface area contributed by atoms with E-state index in [1.165, 1.54) is 0 Å². The summed E-state index contributed by atoms with van der Waals surface area (Å²) < 4.78 is 5.59. The van der Waals surface area contributed by atoms with Crippen LogP contribution in [0.4, 0.5) is 17.1 Å². The Balaban J connectivity index is 2.32. The number of nitrogens with zero attached hydrogens (tertiary/aromatic N) is 1. The second-order valence-corrected chi connectivity index (χ2v) is 5.69. The van der Waals surface area contributed by atoms with E-state index in [0.717, 1.165) is 12.8 Å². The molecule has 0 saturated carbocycles. The first-order valence-corrected chi connectivity index (χ1v) is 7.39. The molecule has 0 radical (unpaired) electrons. The van der Waals surface area contributed by atoms with E-state index in [9.17, 15) is 10.1 Å². The molecule has 0 spiro atoms. The van der Waals surface area contributed by atoms with E-state index in [1.807, 2.05) is 26.8 Å². The van der Waals surface area contributed by atoms with E-state index >= 15 is 0 Å². The molecule has 2 atom stereocenters. The van der Waals surface area contributed by atoms with Gasteiger partial charge in [-0.1, -0.05) is 13.0 Å². The lowest BCUT2D eigenvalue weighted by Gasteiger charge is -2.30. The summed E-state index contributed by atoms with van der Waals surface area (Å²) in [7, 11) is 0. The zero-order valence-electron chi connectivity index (χ0n) is 12.8. The lowest BCUT2D eigenvalue weighted by molar-refractivity contribution is -0.383. The average Bonchev–Trinajstić information content (AvgIpc) is 2.75. The monoisotopic (exact) mass is 293 g/mol. The Bertz CT molecular complexity index is 521. The largest absolute Gasteiger partial charge is 0.379 e. The maximum atomic E-state index is 11.5. The minimum atomic E-state index is -0.329. The van der Waals surface area contributed by atoms with Gasteiger partial charge in [-0.25, -0.2) is 0 Å². The number of nitrogens with one attached hydrogen (secondary N) is 2. The fourth-order valence-electron chi connectivity index (χ4n) is 2.55. The topological polar surface area (TPSA) is 76.4 Å². The third-order valence-electron chi connectivity index (χ3n) is 4.09. The van der Waals surface area contributed by atoms with Crippen LogP contribution in [0.5, 0.6) is 0 Å². The second kappa shape index (κ2) is 6.30. The molecular weight excluding hydrogens is 270 g/mol. The zero-order chi connectivity index (χ0) is 15.5. The van der Waals surface area contributed by atoms with E-state index in [2.05, 4.69) is 10.6 Å². The van der Waals surface area contributed by atoms with Crippen LogP contribution in [0.25, 0.3) is 0 Å². The number of ether oxygens (including phenoxy) is 1. The van der Waals surface area contributed by atoms with Crippen LogP contribution in [0, 0.1) is 10.1 Å². The summed E-state index contributed by atoms with van der Waals surface area (Å²) in [4.78, 5) is 11.1. The normalized spacial score (nSPS) is 24.8. The Labute approximate surface area is 125 Å². The minimum absolute atomic E-state index is 0.0179. The molecule has 1 aliphatic rings. The molecule has 0 bridgehead atoms. The van der Waals surface area contributed by atoms with Crippen molar-refractivity contribution in [1.82, 2.24) is 0 Å². The van der Waals surface area contributed by atoms with Crippen molar-refractivity contribution < 1.29 is 9.66 Å². The molecule has 1 aromatic rings. The lowest BCUT2D eigenvalue weighted by Crippen LogP contribution is -2.41. The Hall–Kier alpha value is -1.82. The van der Waals surface area contributed by atoms with Gasteiger partial charge in [-0.3, -0.25) is 10.1 Å². The number of rotatable bonds is 6. The highest BCUT2D eigenvalue weighted by Crippen LogP contribution is 2.37. The fourth-order valence-corrected chi connectivity index (χ4v) is 2.55. The number of hydrogen-bond donors (Lipinski definition) is 2. The van der Waals surface area contributed by atoms with Gasteiger partial charge in [0.05, 0.1) is 16.6 Å². The second-order valence-electron chi connectivity index (χ2n) is 5.69. The van der Waals surface area contributed by atoms with Crippen LogP contribution >= 0.6 is 0 Å². The standard InChI is InChI=1S/C15H23N3O3/c1-4-9-16-12-6-5-7-13(14(12)18(19)20)17-15(3)8-10-21-11(15)2/h5-7,11,16-17H,4,8-10H2,1-3H3. The van der Waals surface area contributed by atoms with Crippen molar-refractivity contribution >= 4 is 17.1 Å². The molecule has 2 unspecified atom stereocenters. The Morgan fingerprint density at radius 3 is 2.76 bits per heavy atom. The van der Waals surface area contributed by atoms with Gasteiger partial charge in [-0.2, -0.15) is 0 Å². The number of benzene rings is 1. The summed E-state index contributed by atoms with van der Waals surface area (Å²) in [6.45, 7) is 7.44. The number of nitro benzene ring substituents is 1. The van der Waals surface area contributed by atoms with Gasteiger partial charge < -0.3 is 15.4 Å². The van der Waals surface area contributed by atoms with Crippen LogP contribution in [0.3, 0.4) is 0 Å². The first kappa shape index (κ1) is 15.6. The van der Waals surface area contributed by atoms with Gasteiger partial charge in [-0.15, -0.1) is 0 Å². The molecule has 21 heavy (non-hydrogen) atoms. The summed E-state index contributed by atoms with van der Waals surface area (Å²) >= 11 is 0. The predicted octanol–water partition coefficient (Wildman–Crippen LogP) is 3.40. The molecular formula is C15H23N3O3. The van der Waals surface area contributed by atoms with E-state index in [-0.39, 0.29) is 22.3 Å². The molecule has 6 nitrogen and oxygen atoms in total. The summed E-state index contributed by atoms with van der Waals surface area (Å²) in [5.74, 6) is 0. The summed E-state index contributed by atoms with van der Waals surface area (Å²) in [5, 5.41) is 17.9. The quantitative estimate of drug-likeness (QED) is 0.621. The molecule has 2 rings (SSSR count). The molecule has 0 aromatic heterocycles. The van der Waals surface area contributed by atoms with Gasteiger partial charge in [0.25, 0.3) is 0 Å². The number of nitro groups is 1. The van der Waals surface area contributed by atoms with Crippen molar-refractivity contribution in [2.75, 3.05) is 23.8 Å². The van der Waals surface area contributed by atoms with Crippen molar-refractivity contribution in [1.29, 1.82) is 0 Å². The Morgan fingerprint density at radius 1 is 1.48 bits per heavy atom. The molecule has 1 saturated heterocycles. The maximum Gasteiger partial charge on any atom is 0.315 e. The highest BCUT2D eigenvalue weighted by molar-refractivity contribution is 5.76. The van der Waals surface area contributed by atoms with Crippen molar-refractivity contribution in [2.24, 2.45) is 0 Å². The molecule has 6 heteroatoms. The zero-order valence-corrected chi connectivity index (χ0v) is 12.8. The van der Waals surface area contributed by atoms with Crippen molar-refractivity contribution in [3.05, 3.63) is 28.3 Å².